The number of hydrogen-bond acceptors (Lipinski definition) is 2. The van der Waals surface area contributed by atoms with Gasteiger partial charge >= 0.3 is 0 Å². The maximum absolute atomic E-state index is 12.3. The summed E-state index contributed by atoms with van der Waals surface area (Å²) in [5.41, 5.74) is 8.42. The van der Waals surface area contributed by atoms with Crippen molar-refractivity contribution in [2.45, 2.75) is 31.2 Å². The average Bonchev–Trinajstić information content (AvgIpc) is 2.31. The van der Waals surface area contributed by atoms with Crippen LogP contribution in [-0.4, -0.2) is 29.9 Å². The van der Waals surface area contributed by atoms with Gasteiger partial charge in [-0.15, -0.1) is 0 Å². The Labute approximate surface area is 102 Å². The summed E-state index contributed by atoms with van der Waals surface area (Å²) in [6.07, 6.45) is 2.80. The molecular weight excluding hydrogens is 212 g/mol. The van der Waals surface area contributed by atoms with Gasteiger partial charge in [0.1, 0.15) is 0 Å². The first-order valence-electron chi connectivity index (χ1n) is 6.38. The lowest BCUT2D eigenvalue weighted by Gasteiger charge is -2.37. The van der Waals surface area contributed by atoms with Crippen molar-refractivity contribution in [3.05, 3.63) is 35.4 Å². The first-order valence-corrected chi connectivity index (χ1v) is 6.38. The van der Waals surface area contributed by atoms with Gasteiger partial charge < -0.3 is 10.6 Å². The number of hydrogen-bond donors (Lipinski definition) is 1. The van der Waals surface area contributed by atoms with Crippen molar-refractivity contribution in [2.24, 2.45) is 5.73 Å². The topological polar surface area (TPSA) is 46.3 Å². The molecule has 2 N–H and O–H groups in total. The summed E-state index contributed by atoms with van der Waals surface area (Å²) in [6.45, 7) is 1.66. The molecule has 1 heterocycles. The van der Waals surface area contributed by atoms with E-state index in [9.17, 15) is 4.79 Å². The molecule has 0 radical (unpaired) electrons. The van der Waals surface area contributed by atoms with E-state index >= 15 is 0 Å². The largest absolute Gasteiger partial charge is 0.342 e. The van der Waals surface area contributed by atoms with Crippen molar-refractivity contribution in [3.8, 4) is 0 Å². The van der Waals surface area contributed by atoms with Crippen LogP contribution in [-0.2, 0) is 11.2 Å². The van der Waals surface area contributed by atoms with Gasteiger partial charge in [0.25, 0.3) is 0 Å². The second-order valence-electron chi connectivity index (χ2n) is 5.12. The number of amides is 1. The highest BCUT2D eigenvalue weighted by Gasteiger charge is 2.35. The minimum absolute atomic E-state index is 0.112. The third kappa shape index (κ3) is 1.84. The van der Waals surface area contributed by atoms with Crippen molar-refractivity contribution >= 4 is 5.91 Å². The van der Waals surface area contributed by atoms with Crippen LogP contribution < -0.4 is 5.73 Å². The van der Waals surface area contributed by atoms with E-state index in [0.29, 0.717) is 5.91 Å². The predicted octanol–water partition coefficient (Wildman–Crippen LogP) is 1.28. The van der Waals surface area contributed by atoms with Crippen LogP contribution in [0.4, 0.5) is 0 Å². The van der Waals surface area contributed by atoms with E-state index in [2.05, 4.69) is 12.1 Å². The summed E-state index contributed by atoms with van der Waals surface area (Å²) < 4.78 is 0. The van der Waals surface area contributed by atoms with Gasteiger partial charge in [0.05, 0.1) is 5.92 Å². The fraction of sp³-hybridized carbons (Fsp3) is 0.500. The highest BCUT2D eigenvalue weighted by molar-refractivity contribution is 5.87. The van der Waals surface area contributed by atoms with Gasteiger partial charge in [0.15, 0.2) is 0 Å². The highest BCUT2D eigenvalue weighted by Crippen LogP contribution is 2.36. The number of nitrogens with zero attached hydrogens (tertiary/aromatic N) is 1. The second-order valence-corrected chi connectivity index (χ2v) is 5.12. The summed E-state index contributed by atoms with van der Waals surface area (Å²) in [5.74, 6) is 0.413. The summed E-state index contributed by atoms with van der Waals surface area (Å²) in [6, 6.07) is 8.54. The Balaban J connectivity index is 1.69. The number of rotatable bonds is 1. The predicted molar refractivity (Wildman–Crippen MR) is 66.7 cm³/mol. The molecule has 1 aliphatic heterocycles. The number of carbonyl (C=O) groups excluding carboxylic acids is 1. The molecule has 1 aromatic rings. The van der Waals surface area contributed by atoms with E-state index < -0.39 is 0 Å². The van der Waals surface area contributed by atoms with E-state index in [4.69, 9.17) is 5.73 Å². The molecule has 1 amide bonds. The van der Waals surface area contributed by atoms with Crippen LogP contribution in [0.3, 0.4) is 0 Å². The molecule has 3 rings (SSSR count). The maximum Gasteiger partial charge on any atom is 0.230 e. The second kappa shape index (κ2) is 4.15. The molecule has 0 spiro atoms. The average molecular weight is 230 g/mol. The van der Waals surface area contributed by atoms with Gasteiger partial charge in [0, 0.05) is 19.1 Å². The molecule has 0 saturated carbocycles. The van der Waals surface area contributed by atoms with Crippen LogP contribution in [0, 0.1) is 0 Å². The molecule has 1 atom stereocenters. The Kier molecular flexibility index (Phi) is 2.63. The third-order valence-electron chi connectivity index (χ3n) is 4.00. The zero-order chi connectivity index (χ0) is 11.8. The molecule has 0 bridgehead atoms. The van der Waals surface area contributed by atoms with Crippen molar-refractivity contribution in [2.75, 3.05) is 13.1 Å². The molecule has 90 valence electrons. The normalized spacial score (nSPS) is 24.1. The number of nitrogens with two attached hydrogens (primary N) is 1. The first-order chi connectivity index (χ1) is 8.25. The number of benzene rings is 1. The van der Waals surface area contributed by atoms with Gasteiger partial charge in [0.2, 0.25) is 5.91 Å². The summed E-state index contributed by atoms with van der Waals surface area (Å²) >= 11 is 0. The van der Waals surface area contributed by atoms with Gasteiger partial charge in [-0.3, -0.25) is 4.79 Å². The molecule has 1 aromatic carbocycles. The monoisotopic (exact) mass is 230 g/mol. The van der Waals surface area contributed by atoms with Crippen LogP contribution >= 0.6 is 0 Å². The molecule has 3 heteroatoms. The van der Waals surface area contributed by atoms with Gasteiger partial charge in [-0.2, -0.15) is 0 Å². The highest BCUT2D eigenvalue weighted by atomic mass is 16.2. The molecule has 0 aromatic heterocycles. The van der Waals surface area contributed by atoms with E-state index in [0.717, 1.165) is 32.4 Å². The number of piperidine rings is 1. The molecule has 3 nitrogen and oxygen atoms in total. The SMILES string of the molecule is NC1CCN(C(=O)C2Cc3ccccc32)CC1. The Morgan fingerprint density at radius 1 is 1.24 bits per heavy atom. The number of carbonyl (C=O) groups is 1. The summed E-state index contributed by atoms with van der Waals surface area (Å²) in [5, 5.41) is 0. The third-order valence-corrected chi connectivity index (χ3v) is 4.00. The van der Waals surface area contributed by atoms with Crippen molar-refractivity contribution in [3.63, 3.8) is 0 Å². The smallest absolute Gasteiger partial charge is 0.230 e. The molecule has 1 unspecified atom stereocenters. The van der Waals surface area contributed by atoms with E-state index in [1.54, 1.807) is 0 Å². The molecule has 17 heavy (non-hydrogen) atoms. The minimum atomic E-state index is 0.112. The Morgan fingerprint density at radius 2 is 1.94 bits per heavy atom. The van der Waals surface area contributed by atoms with Crippen LogP contribution in [0.2, 0.25) is 0 Å². The van der Waals surface area contributed by atoms with Crippen molar-refractivity contribution in [1.82, 2.24) is 4.90 Å². The van der Waals surface area contributed by atoms with Crippen LogP contribution in [0.1, 0.15) is 29.9 Å². The zero-order valence-corrected chi connectivity index (χ0v) is 9.93. The lowest BCUT2D eigenvalue weighted by molar-refractivity contribution is -0.134. The van der Waals surface area contributed by atoms with E-state index in [1.165, 1.54) is 11.1 Å². The maximum atomic E-state index is 12.3. The van der Waals surface area contributed by atoms with Gasteiger partial charge in [-0.25, -0.2) is 0 Å². The first kappa shape index (κ1) is 10.8. The van der Waals surface area contributed by atoms with Crippen LogP contribution in [0.25, 0.3) is 0 Å². The fourth-order valence-electron chi connectivity index (χ4n) is 2.82. The molecular formula is C14H18N2O. The molecule has 1 saturated heterocycles. The van der Waals surface area contributed by atoms with Crippen LogP contribution in [0.15, 0.2) is 24.3 Å². The van der Waals surface area contributed by atoms with Crippen molar-refractivity contribution in [1.29, 1.82) is 0 Å². The molecule has 2 aliphatic rings. The summed E-state index contributed by atoms with van der Waals surface area (Å²) in [4.78, 5) is 14.3. The lowest BCUT2D eigenvalue weighted by atomic mass is 9.76. The quantitative estimate of drug-likeness (QED) is 0.790. The number of likely N-dealkylation sites (tertiary alicyclic amines) is 1. The van der Waals surface area contributed by atoms with Crippen molar-refractivity contribution < 1.29 is 4.79 Å². The lowest BCUT2D eigenvalue weighted by Crippen LogP contribution is -2.46. The summed E-state index contributed by atoms with van der Waals surface area (Å²) in [7, 11) is 0. The minimum Gasteiger partial charge on any atom is -0.342 e. The molecule has 1 fully saturated rings. The van der Waals surface area contributed by atoms with Crippen LogP contribution in [0.5, 0.6) is 0 Å². The number of fused-ring (bicyclic) bond motifs is 1. The van der Waals surface area contributed by atoms with E-state index in [1.807, 2.05) is 17.0 Å². The zero-order valence-electron chi connectivity index (χ0n) is 9.93. The molecule has 1 aliphatic carbocycles. The fourth-order valence-corrected chi connectivity index (χ4v) is 2.82. The van der Waals surface area contributed by atoms with Gasteiger partial charge in [-0.05, 0) is 30.4 Å². The standard InChI is InChI=1S/C14H18N2O/c15-11-5-7-16(8-6-11)14(17)13-9-10-3-1-2-4-12(10)13/h1-4,11,13H,5-9,15H2. The Hall–Kier alpha value is -1.35. The van der Waals surface area contributed by atoms with Gasteiger partial charge in [-0.1, -0.05) is 24.3 Å². The Morgan fingerprint density at radius 3 is 2.65 bits per heavy atom. The van der Waals surface area contributed by atoms with E-state index in [-0.39, 0.29) is 12.0 Å². The Bertz CT molecular complexity index is 436.